The molecule has 80 valence electrons. The van der Waals surface area contributed by atoms with Crippen LogP contribution in [0.4, 0.5) is 0 Å². The summed E-state index contributed by atoms with van der Waals surface area (Å²) in [6.45, 7) is 0. The van der Waals surface area contributed by atoms with Crippen LogP contribution >= 0.6 is 55.1 Å². The van der Waals surface area contributed by atoms with Crippen LogP contribution in [0.3, 0.4) is 0 Å². The monoisotopic (exact) mass is 370 g/mol. The lowest BCUT2D eigenvalue weighted by Crippen LogP contribution is -2.31. The third kappa shape index (κ3) is 2.12. The van der Waals surface area contributed by atoms with Crippen LogP contribution in [-0.4, -0.2) is 9.02 Å². The largest absolute Gasteiger partial charge is 0.292 e. The standard InChI is InChI=1S/C10H6Br2Cl2O/c11-10(12)2-1-5-3-6(13)4-7(14)8(5)9(10)15/h3-4H,1-2H2. The lowest BCUT2D eigenvalue weighted by molar-refractivity contribution is 0.0972. The molecule has 0 aromatic heterocycles. The molecule has 1 aromatic carbocycles. The molecule has 0 amide bonds. The maximum absolute atomic E-state index is 12.0. The van der Waals surface area contributed by atoms with Crippen molar-refractivity contribution >= 4 is 60.8 Å². The lowest BCUT2D eigenvalue weighted by Gasteiger charge is -2.27. The van der Waals surface area contributed by atoms with Gasteiger partial charge in [0.15, 0.2) is 5.78 Å². The summed E-state index contributed by atoms with van der Waals surface area (Å²) in [5.74, 6) is -0.0367. The summed E-state index contributed by atoms with van der Waals surface area (Å²) >= 11 is 18.6. The molecule has 0 saturated heterocycles. The second kappa shape index (κ2) is 4.02. The predicted octanol–water partition coefficient (Wildman–Crippen LogP) is 4.61. The van der Waals surface area contributed by atoms with Gasteiger partial charge in [-0.3, -0.25) is 4.79 Å². The maximum atomic E-state index is 12.0. The zero-order chi connectivity index (χ0) is 11.2. The molecule has 0 radical (unpaired) electrons. The third-order valence-electron chi connectivity index (χ3n) is 2.40. The summed E-state index contributed by atoms with van der Waals surface area (Å²) in [5.41, 5.74) is 1.49. The topological polar surface area (TPSA) is 17.1 Å². The van der Waals surface area contributed by atoms with Gasteiger partial charge in [-0.05, 0) is 30.5 Å². The summed E-state index contributed by atoms with van der Waals surface area (Å²) in [6.07, 6.45) is 1.47. The van der Waals surface area contributed by atoms with Crippen molar-refractivity contribution in [1.29, 1.82) is 0 Å². The van der Waals surface area contributed by atoms with E-state index in [-0.39, 0.29) is 5.78 Å². The highest BCUT2D eigenvalue weighted by Crippen LogP contribution is 2.43. The minimum atomic E-state index is -0.676. The minimum Gasteiger partial charge on any atom is -0.292 e. The summed E-state index contributed by atoms with van der Waals surface area (Å²) in [5, 5.41) is 0.994. The fourth-order valence-electron chi connectivity index (χ4n) is 1.67. The van der Waals surface area contributed by atoms with Gasteiger partial charge in [-0.2, -0.15) is 0 Å². The van der Waals surface area contributed by atoms with Gasteiger partial charge in [-0.15, -0.1) is 0 Å². The molecule has 0 atom stereocenters. The Morgan fingerprint density at radius 1 is 1.27 bits per heavy atom. The van der Waals surface area contributed by atoms with Crippen molar-refractivity contribution < 1.29 is 4.79 Å². The first-order valence-corrected chi connectivity index (χ1v) is 6.66. The van der Waals surface area contributed by atoms with Gasteiger partial charge >= 0.3 is 0 Å². The van der Waals surface area contributed by atoms with E-state index in [0.29, 0.717) is 22.0 Å². The molecule has 0 fully saturated rings. The minimum absolute atomic E-state index is 0.0367. The fraction of sp³-hybridized carbons (Fsp3) is 0.300. The van der Waals surface area contributed by atoms with Gasteiger partial charge in [0, 0.05) is 10.6 Å². The molecular weight excluding hydrogens is 367 g/mol. The number of halogens is 4. The van der Waals surface area contributed by atoms with Crippen LogP contribution < -0.4 is 0 Å². The number of ketones is 1. The molecule has 0 bridgehead atoms. The number of carbonyl (C=O) groups excluding carboxylic acids is 1. The van der Waals surface area contributed by atoms with Gasteiger partial charge in [0.1, 0.15) is 3.23 Å². The van der Waals surface area contributed by atoms with Crippen LogP contribution in [0.15, 0.2) is 12.1 Å². The molecule has 15 heavy (non-hydrogen) atoms. The molecule has 0 heterocycles. The van der Waals surface area contributed by atoms with Crippen LogP contribution in [0, 0.1) is 0 Å². The lowest BCUT2D eigenvalue weighted by atomic mass is 9.90. The summed E-state index contributed by atoms with van der Waals surface area (Å²) in [4.78, 5) is 12.0. The van der Waals surface area contributed by atoms with Crippen LogP contribution in [0.1, 0.15) is 22.3 Å². The average Bonchev–Trinajstić information content (AvgIpc) is 2.11. The molecule has 0 unspecified atom stereocenters. The van der Waals surface area contributed by atoms with E-state index in [2.05, 4.69) is 31.9 Å². The SMILES string of the molecule is O=C1c2c(Cl)cc(Cl)cc2CCC1(Br)Br. The van der Waals surface area contributed by atoms with Gasteiger partial charge in [0.25, 0.3) is 0 Å². The van der Waals surface area contributed by atoms with Crippen molar-refractivity contribution in [1.82, 2.24) is 0 Å². The van der Waals surface area contributed by atoms with E-state index >= 15 is 0 Å². The first-order chi connectivity index (χ1) is 6.92. The van der Waals surface area contributed by atoms with Gasteiger partial charge in [-0.1, -0.05) is 55.1 Å². The van der Waals surface area contributed by atoms with Crippen molar-refractivity contribution in [2.75, 3.05) is 0 Å². The molecule has 0 spiro atoms. The first-order valence-electron chi connectivity index (χ1n) is 4.32. The van der Waals surface area contributed by atoms with Crippen LogP contribution in [0.25, 0.3) is 0 Å². The highest BCUT2D eigenvalue weighted by atomic mass is 79.9. The van der Waals surface area contributed by atoms with Crippen molar-refractivity contribution in [2.45, 2.75) is 16.1 Å². The van der Waals surface area contributed by atoms with E-state index in [1.165, 1.54) is 0 Å². The number of benzene rings is 1. The van der Waals surface area contributed by atoms with Crippen molar-refractivity contribution in [2.24, 2.45) is 0 Å². The normalized spacial score (nSPS) is 18.8. The Morgan fingerprint density at radius 3 is 2.60 bits per heavy atom. The van der Waals surface area contributed by atoms with Gasteiger partial charge < -0.3 is 0 Å². The Kier molecular flexibility index (Phi) is 3.19. The van der Waals surface area contributed by atoms with Crippen molar-refractivity contribution in [3.05, 3.63) is 33.3 Å². The van der Waals surface area contributed by atoms with E-state index in [4.69, 9.17) is 23.2 Å². The third-order valence-corrected chi connectivity index (χ3v) is 4.43. The second-order valence-corrected chi connectivity index (χ2v) is 8.07. The predicted molar refractivity (Wildman–Crippen MR) is 69.7 cm³/mol. The molecule has 1 aliphatic carbocycles. The quantitative estimate of drug-likeness (QED) is 0.608. The number of fused-ring (bicyclic) bond motifs is 1. The highest BCUT2D eigenvalue weighted by Gasteiger charge is 2.39. The smallest absolute Gasteiger partial charge is 0.191 e. The Bertz CT molecular complexity index is 443. The number of hydrogen-bond acceptors (Lipinski definition) is 1. The number of aryl methyl sites for hydroxylation is 1. The van der Waals surface area contributed by atoms with E-state index in [9.17, 15) is 4.79 Å². The first kappa shape index (κ1) is 11.9. The van der Waals surface area contributed by atoms with Crippen LogP contribution in [0.5, 0.6) is 0 Å². The summed E-state index contributed by atoms with van der Waals surface area (Å²) in [7, 11) is 0. The van der Waals surface area contributed by atoms with E-state index in [1.807, 2.05) is 0 Å². The molecule has 1 aliphatic rings. The zero-order valence-corrected chi connectivity index (χ0v) is 12.2. The number of hydrogen-bond donors (Lipinski definition) is 0. The number of alkyl halides is 2. The fourth-order valence-corrected chi connectivity index (χ4v) is 3.08. The van der Waals surface area contributed by atoms with Crippen LogP contribution in [-0.2, 0) is 6.42 Å². The van der Waals surface area contributed by atoms with Crippen molar-refractivity contribution in [3.8, 4) is 0 Å². The number of Topliss-reactive ketones (excluding diaryl/α,β-unsaturated/α-hetero) is 1. The molecular formula is C10H6Br2Cl2O. The van der Waals surface area contributed by atoms with Gasteiger partial charge in [-0.25, -0.2) is 0 Å². The van der Waals surface area contributed by atoms with Gasteiger partial charge in [0.05, 0.1) is 5.02 Å². The Balaban J connectivity index is 2.62. The Labute approximate surface area is 114 Å². The maximum Gasteiger partial charge on any atom is 0.191 e. The van der Waals surface area contributed by atoms with Crippen molar-refractivity contribution in [3.63, 3.8) is 0 Å². The molecule has 0 N–H and O–H groups in total. The molecule has 0 aliphatic heterocycles. The van der Waals surface area contributed by atoms with E-state index in [0.717, 1.165) is 12.0 Å². The molecule has 5 heteroatoms. The highest BCUT2D eigenvalue weighted by molar-refractivity contribution is 9.26. The molecule has 2 rings (SSSR count). The number of carbonyl (C=O) groups is 1. The number of rotatable bonds is 0. The zero-order valence-electron chi connectivity index (χ0n) is 7.49. The molecule has 1 aromatic rings. The molecule has 1 nitrogen and oxygen atoms in total. The molecule has 0 saturated carbocycles. The summed E-state index contributed by atoms with van der Waals surface area (Å²) in [6, 6.07) is 3.40. The van der Waals surface area contributed by atoms with Crippen LogP contribution in [0.2, 0.25) is 10.0 Å². The second-order valence-electron chi connectivity index (χ2n) is 3.46. The average molecular weight is 373 g/mol. The van der Waals surface area contributed by atoms with E-state index in [1.54, 1.807) is 12.1 Å². The van der Waals surface area contributed by atoms with Gasteiger partial charge in [0.2, 0.25) is 0 Å². The Morgan fingerprint density at radius 2 is 1.93 bits per heavy atom. The van der Waals surface area contributed by atoms with E-state index < -0.39 is 3.23 Å². The Hall–Kier alpha value is 0.430. The summed E-state index contributed by atoms with van der Waals surface area (Å²) < 4.78 is -0.676.